The van der Waals surface area contributed by atoms with Gasteiger partial charge in [-0.3, -0.25) is 14.5 Å². The lowest BCUT2D eigenvalue weighted by Crippen LogP contribution is -2.27. The van der Waals surface area contributed by atoms with Crippen molar-refractivity contribution in [2.24, 2.45) is 0 Å². The molecule has 4 nitrogen and oxygen atoms in total. The number of hydrogen-bond donors (Lipinski definition) is 0. The maximum Gasteiger partial charge on any atom is 0.293 e. The topological polar surface area (TPSA) is 50.5 Å². The van der Waals surface area contributed by atoms with E-state index >= 15 is 0 Å². The van der Waals surface area contributed by atoms with Crippen LogP contribution in [0.5, 0.6) is 0 Å². The minimum Gasteiger partial charge on any atom is -0.457 e. The first-order valence-electron chi connectivity index (χ1n) is 9.56. The largest absolute Gasteiger partial charge is 0.457 e. The highest BCUT2D eigenvalue weighted by Gasteiger charge is 2.35. The van der Waals surface area contributed by atoms with E-state index in [9.17, 15) is 9.59 Å². The fourth-order valence-corrected chi connectivity index (χ4v) is 4.37. The summed E-state index contributed by atoms with van der Waals surface area (Å²) in [6.45, 7) is 0.247. The predicted molar refractivity (Wildman–Crippen MR) is 120 cm³/mol. The molecule has 4 aromatic rings. The van der Waals surface area contributed by atoms with Gasteiger partial charge in [0.05, 0.1) is 11.4 Å². The Bertz CT molecular complexity index is 1280. The van der Waals surface area contributed by atoms with Gasteiger partial charge in [-0.2, -0.15) is 0 Å². The number of amides is 2. The van der Waals surface area contributed by atoms with Gasteiger partial charge in [-0.05, 0) is 40.2 Å². The van der Waals surface area contributed by atoms with Crippen LogP contribution in [0.2, 0.25) is 0 Å². The summed E-state index contributed by atoms with van der Waals surface area (Å²) >= 11 is 0.945. The minimum absolute atomic E-state index is 0.247. The molecule has 1 aromatic heterocycles. The Balaban J connectivity index is 1.40. The van der Waals surface area contributed by atoms with Crippen LogP contribution in [0.25, 0.3) is 28.2 Å². The number of furan rings is 1. The van der Waals surface area contributed by atoms with Crippen molar-refractivity contribution in [3.05, 3.63) is 101 Å². The normalized spacial score (nSPS) is 15.5. The number of carbonyl (C=O) groups excluding carboxylic acids is 2. The zero-order valence-electron chi connectivity index (χ0n) is 15.9. The summed E-state index contributed by atoms with van der Waals surface area (Å²) in [5.41, 5.74) is 1.90. The molecule has 0 atom stereocenters. The third-order valence-electron chi connectivity index (χ3n) is 5.04. The molecule has 3 aromatic carbocycles. The number of carbonyl (C=O) groups is 2. The molecule has 1 aliphatic rings. The van der Waals surface area contributed by atoms with Crippen LogP contribution in [0.3, 0.4) is 0 Å². The predicted octanol–water partition coefficient (Wildman–Crippen LogP) is 6.34. The number of nitrogens with zero attached hydrogens (tertiary/aromatic N) is 1. The van der Waals surface area contributed by atoms with Gasteiger partial charge in [-0.25, -0.2) is 0 Å². The molecule has 146 valence electrons. The van der Waals surface area contributed by atoms with Crippen LogP contribution in [0.4, 0.5) is 4.79 Å². The Morgan fingerprint density at radius 2 is 1.60 bits per heavy atom. The standard InChI is InChI=1S/C25H17NO3S/c27-24-23(15-20-13-14-22(29-20)18-8-2-1-3-9-18)30-25(28)26(24)16-19-11-6-10-17-7-4-5-12-21(17)19/h1-15H,16H2/b23-15+. The molecule has 0 unspecified atom stereocenters. The third-order valence-corrected chi connectivity index (χ3v) is 5.95. The molecule has 0 N–H and O–H groups in total. The van der Waals surface area contributed by atoms with Crippen LogP contribution in [-0.2, 0) is 11.3 Å². The molecule has 30 heavy (non-hydrogen) atoms. The zero-order valence-corrected chi connectivity index (χ0v) is 16.8. The highest BCUT2D eigenvalue weighted by Crippen LogP contribution is 2.35. The fourth-order valence-electron chi connectivity index (χ4n) is 3.55. The van der Waals surface area contributed by atoms with Crippen molar-refractivity contribution in [2.75, 3.05) is 0 Å². The molecule has 5 rings (SSSR count). The van der Waals surface area contributed by atoms with Gasteiger partial charge >= 0.3 is 0 Å². The van der Waals surface area contributed by atoms with Crippen LogP contribution in [-0.4, -0.2) is 16.0 Å². The molecule has 2 heterocycles. The number of fused-ring (bicyclic) bond motifs is 1. The van der Waals surface area contributed by atoms with E-state index in [1.54, 1.807) is 12.1 Å². The van der Waals surface area contributed by atoms with Crippen molar-refractivity contribution in [1.82, 2.24) is 4.90 Å². The van der Waals surface area contributed by atoms with Crippen LogP contribution in [0, 0.1) is 0 Å². The van der Waals surface area contributed by atoms with Gasteiger partial charge in [0.2, 0.25) is 0 Å². The third kappa shape index (κ3) is 3.44. The van der Waals surface area contributed by atoms with Crippen molar-refractivity contribution in [3.8, 4) is 11.3 Å². The summed E-state index contributed by atoms with van der Waals surface area (Å²) in [6, 6.07) is 27.3. The molecule has 5 heteroatoms. The van der Waals surface area contributed by atoms with Gasteiger partial charge in [-0.1, -0.05) is 72.8 Å². The number of hydrogen-bond acceptors (Lipinski definition) is 4. The average molecular weight is 411 g/mol. The maximum absolute atomic E-state index is 12.9. The SMILES string of the molecule is O=C1S/C(=C/c2ccc(-c3ccccc3)o2)C(=O)N1Cc1cccc2ccccc12. The number of benzene rings is 3. The van der Waals surface area contributed by atoms with E-state index in [2.05, 4.69) is 0 Å². The van der Waals surface area contributed by atoms with Crippen LogP contribution >= 0.6 is 11.8 Å². The Labute approximate surface area is 177 Å². The van der Waals surface area contributed by atoms with Crippen LogP contribution < -0.4 is 0 Å². The monoisotopic (exact) mass is 411 g/mol. The van der Waals surface area contributed by atoms with Crippen molar-refractivity contribution >= 4 is 39.8 Å². The first-order chi connectivity index (χ1) is 14.7. The smallest absolute Gasteiger partial charge is 0.293 e. The molecule has 1 aliphatic heterocycles. The van der Waals surface area contributed by atoms with Crippen molar-refractivity contribution < 1.29 is 14.0 Å². The van der Waals surface area contributed by atoms with E-state index in [4.69, 9.17) is 4.42 Å². The van der Waals surface area contributed by atoms with Gasteiger partial charge < -0.3 is 4.42 Å². The van der Waals surface area contributed by atoms with E-state index in [-0.39, 0.29) is 17.7 Å². The van der Waals surface area contributed by atoms with E-state index in [0.717, 1.165) is 39.4 Å². The Kier molecular flexibility index (Phi) is 4.73. The molecule has 0 radical (unpaired) electrons. The molecular weight excluding hydrogens is 394 g/mol. The number of imide groups is 1. The lowest BCUT2D eigenvalue weighted by molar-refractivity contribution is -0.123. The summed E-state index contributed by atoms with van der Waals surface area (Å²) < 4.78 is 5.85. The minimum atomic E-state index is -0.296. The summed E-state index contributed by atoms with van der Waals surface area (Å²) in [4.78, 5) is 27.1. The van der Waals surface area contributed by atoms with E-state index in [1.807, 2.05) is 78.9 Å². The van der Waals surface area contributed by atoms with Crippen molar-refractivity contribution in [3.63, 3.8) is 0 Å². The second-order valence-electron chi connectivity index (χ2n) is 6.97. The highest BCUT2D eigenvalue weighted by atomic mass is 32.2. The van der Waals surface area contributed by atoms with Gasteiger partial charge in [0.1, 0.15) is 11.5 Å². The molecule has 1 saturated heterocycles. The summed E-state index contributed by atoms with van der Waals surface area (Å²) in [7, 11) is 0. The zero-order chi connectivity index (χ0) is 20.5. The molecule has 0 spiro atoms. The van der Waals surface area contributed by atoms with Gasteiger partial charge in [-0.15, -0.1) is 0 Å². The van der Waals surface area contributed by atoms with Crippen LogP contribution in [0.1, 0.15) is 11.3 Å². The van der Waals surface area contributed by atoms with Crippen molar-refractivity contribution in [1.29, 1.82) is 0 Å². The average Bonchev–Trinajstić information content (AvgIpc) is 3.35. The fraction of sp³-hybridized carbons (Fsp3) is 0.0400. The van der Waals surface area contributed by atoms with Crippen LogP contribution in [0.15, 0.2) is 94.3 Å². The summed E-state index contributed by atoms with van der Waals surface area (Å²) in [5.74, 6) is 0.969. The van der Waals surface area contributed by atoms with E-state index < -0.39 is 0 Å². The second kappa shape index (κ2) is 7.69. The summed E-state index contributed by atoms with van der Waals surface area (Å²) in [6.07, 6.45) is 1.64. The van der Waals surface area contributed by atoms with E-state index in [0.29, 0.717) is 10.7 Å². The second-order valence-corrected chi connectivity index (χ2v) is 7.97. The highest BCUT2D eigenvalue weighted by molar-refractivity contribution is 8.18. The molecule has 2 amide bonds. The quantitative estimate of drug-likeness (QED) is 0.368. The maximum atomic E-state index is 12.9. The molecule has 0 bridgehead atoms. The first kappa shape index (κ1) is 18.5. The molecule has 0 aliphatic carbocycles. The van der Waals surface area contributed by atoms with Gasteiger partial charge in [0.25, 0.3) is 11.1 Å². The van der Waals surface area contributed by atoms with Crippen molar-refractivity contribution in [2.45, 2.75) is 6.54 Å². The molecular formula is C25H17NO3S. The first-order valence-corrected chi connectivity index (χ1v) is 10.4. The number of thioether (sulfide) groups is 1. The summed E-state index contributed by atoms with van der Waals surface area (Å²) in [5, 5.41) is 1.86. The van der Waals surface area contributed by atoms with Gasteiger partial charge in [0.15, 0.2) is 0 Å². The molecule has 0 saturated carbocycles. The number of rotatable bonds is 4. The van der Waals surface area contributed by atoms with Gasteiger partial charge in [0, 0.05) is 11.6 Å². The molecule has 1 fully saturated rings. The Morgan fingerprint density at radius 1 is 0.833 bits per heavy atom. The lowest BCUT2D eigenvalue weighted by atomic mass is 10.0. The lowest BCUT2D eigenvalue weighted by Gasteiger charge is -2.14. The van der Waals surface area contributed by atoms with E-state index in [1.165, 1.54) is 4.90 Å². The Hall–Kier alpha value is -3.57. The Morgan fingerprint density at radius 3 is 2.47 bits per heavy atom.